The van der Waals surface area contributed by atoms with Gasteiger partial charge in [0.05, 0.1) is 12.7 Å². The lowest BCUT2D eigenvalue weighted by atomic mass is 9.90. The quantitative estimate of drug-likeness (QED) is 0.452. The summed E-state index contributed by atoms with van der Waals surface area (Å²) in [6, 6.07) is 12.5. The van der Waals surface area contributed by atoms with Crippen LogP contribution in [0.25, 0.3) is 0 Å². The first-order valence-electron chi connectivity index (χ1n) is 10.3. The van der Waals surface area contributed by atoms with Crippen molar-refractivity contribution in [3.63, 3.8) is 0 Å². The Morgan fingerprint density at radius 3 is 2.73 bits per heavy atom. The molecule has 1 saturated heterocycles. The standard InChI is InChI=1S/C24H27ClN2O3/c1-30-21-7-8-23(25)20(16-21)15-18-9-13-27(14-10-18)12-4-11-26-24(29)22-6-3-2-5-19(22)17-28/h2-3,5-8,11,16-18H,4,9-10,12-15H2,1H3. The molecule has 0 N–H and O–H groups in total. The first-order chi connectivity index (χ1) is 14.6. The van der Waals surface area contributed by atoms with Gasteiger partial charge in [-0.2, -0.15) is 0 Å². The molecular formula is C24H27ClN2O3. The molecule has 30 heavy (non-hydrogen) atoms. The summed E-state index contributed by atoms with van der Waals surface area (Å²) in [5, 5.41) is 0.801. The summed E-state index contributed by atoms with van der Waals surface area (Å²) >= 11 is 6.35. The summed E-state index contributed by atoms with van der Waals surface area (Å²) in [5.41, 5.74) is 1.87. The summed E-state index contributed by atoms with van der Waals surface area (Å²) in [5.74, 6) is 1.09. The number of rotatable bonds is 8. The van der Waals surface area contributed by atoms with E-state index in [9.17, 15) is 9.59 Å². The zero-order valence-electron chi connectivity index (χ0n) is 17.2. The minimum absolute atomic E-state index is 0.348. The van der Waals surface area contributed by atoms with Crippen molar-refractivity contribution in [2.45, 2.75) is 25.7 Å². The van der Waals surface area contributed by atoms with Crippen LogP contribution in [-0.2, 0) is 6.42 Å². The van der Waals surface area contributed by atoms with E-state index in [0.29, 0.717) is 29.8 Å². The maximum Gasteiger partial charge on any atom is 0.277 e. The van der Waals surface area contributed by atoms with Crippen LogP contribution in [0.2, 0.25) is 5.02 Å². The normalized spacial score (nSPS) is 15.4. The number of methoxy groups -OCH3 is 1. The lowest BCUT2D eigenvalue weighted by molar-refractivity contribution is 0.0995. The van der Waals surface area contributed by atoms with Gasteiger partial charge in [0.15, 0.2) is 6.29 Å². The molecular weight excluding hydrogens is 400 g/mol. The summed E-state index contributed by atoms with van der Waals surface area (Å²) < 4.78 is 5.31. The highest BCUT2D eigenvalue weighted by Gasteiger charge is 2.20. The highest BCUT2D eigenvalue weighted by molar-refractivity contribution is 6.31. The number of hydrogen-bond acceptors (Lipinski definition) is 4. The van der Waals surface area contributed by atoms with Crippen molar-refractivity contribution in [1.29, 1.82) is 0 Å². The monoisotopic (exact) mass is 426 g/mol. The number of aldehydes is 1. The number of nitrogens with zero attached hydrogens (tertiary/aromatic N) is 2. The van der Waals surface area contributed by atoms with E-state index in [0.717, 1.165) is 55.2 Å². The number of carbonyl (C=O) groups excluding carboxylic acids is 2. The van der Waals surface area contributed by atoms with Gasteiger partial charge in [-0.25, -0.2) is 4.99 Å². The predicted molar refractivity (Wildman–Crippen MR) is 120 cm³/mol. The lowest BCUT2D eigenvalue weighted by Crippen LogP contribution is -2.35. The van der Waals surface area contributed by atoms with Crippen LogP contribution in [0.15, 0.2) is 47.5 Å². The number of halogens is 1. The van der Waals surface area contributed by atoms with Crippen molar-refractivity contribution < 1.29 is 14.3 Å². The van der Waals surface area contributed by atoms with E-state index in [1.165, 1.54) is 0 Å². The fourth-order valence-corrected chi connectivity index (χ4v) is 4.01. The third kappa shape index (κ3) is 6.00. The molecule has 0 saturated carbocycles. The Bertz CT molecular complexity index is 905. The zero-order chi connectivity index (χ0) is 21.3. The van der Waals surface area contributed by atoms with Crippen molar-refractivity contribution in [1.82, 2.24) is 4.90 Å². The Labute approximate surface area is 182 Å². The predicted octanol–water partition coefficient (Wildman–Crippen LogP) is 4.72. The molecule has 0 aromatic heterocycles. The third-order valence-electron chi connectivity index (χ3n) is 5.57. The Morgan fingerprint density at radius 1 is 1.23 bits per heavy atom. The molecule has 1 aliphatic heterocycles. The van der Waals surface area contributed by atoms with Crippen LogP contribution in [0.4, 0.5) is 0 Å². The van der Waals surface area contributed by atoms with Gasteiger partial charge in [0.2, 0.25) is 0 Å². The number of piperidine rings is 1. The molecule has 0 spiro atoms. The van der Waals surface area contributed by atoms with Crippen molar-refractivity contribution in [3.8, 4) is 5.75 Å². The van der Waals surface area contributed by atoms with Crippen LogP contribution in [0.1, 0.15) is 45.5 Å². The van der Waals surface area contributed by atoms with E-state index >= 15 is 0 Å². The van der Waals surface area contributed by atoms with Gasteiger partial charge in [0.1, 0.15) is 5.75 Å². The summed E-state index contributed by atoms with van der Waals surface area (Å²) in [6.45, 7) is 2.93. The van der Waals surface area contributed by atoms with Crippen LogP contribution in [0.5, 0.6) is 5.75 Å². The fourth-order valence-electron chi connectivity index (χ4n) is 3.81. The summed E-state index contributed by atoms with van der Waals surface area (Å²) in [6.07, 6.45) is 6.27. The van der Waals surface area contributed by atoms with Gasteiger partial charge in [0.25, 0.3) is 5.91 Å². The molecule has 158 valence electrons. The molecule has 2 aromatic carbocycles. The van der Waals surface area contributed by atoms with E-state index in [2.05, 4.69) is 9.89 Å². The number of amides is 1. The number of hydrogen-bond donors (Lipinski definition) is 0. The van der Waals surface area contributed by atoms with Gasteiger partial charge in [-0.15, -0.1) is 0 Å². The van der Waals surface area contributed by atoms with Gasteiger partial charge in [0, 0.05) is 23.3 Å². The molecule has 0 bridgehead atoms. The lowest BCUT2D eigenvalue weighted by Gasteiger charge is -2.31. The summed E-state index contributed by atoms with van der Waals surface area (Å²) in [7, 11) is 1.67. The van der Waals surface area contributed by atoms with Crippen molar-refractivity contribution >= 4 is 30.0 Å². The third-order valence-corrected chi connectivity index (χ3v) is 5.94. The van der Waals surface area contributed by atoms with Crippen molar-refractivity contribution in [2.75, 3.05) is 26.7 Å². The molecule has 1 fully saturated rings. The molecule has 6 heteroatoms. The molecule has 1 heterocycles. The van der Waals surface area contributed by atoms with Crippen molar-refractivity contribution in [2.24, 2.45) is 10.9 Å². The maximum atomic E-state index is 12.2. The summed E-state index contributed by atoms with van der Waals surface area (Å²) in [4.78, 5) is 29.6. The number of ether oxygens (including phenoxy) is 1. The molecule has 1 amide bonds. The number of benzene rings is 2. The van der Waals surface area contributed by atoms with Gasteiger partial charge in [-0.3, -0.25) is 9.59 Å². The molecule has 3 rings (SSSR count). The average Bonchev–Trinajstić information content (AvgIpc) is 2.79. The zero-order valence-corrected chi connectivity index (χ0v) is 18.0. The number of carbonyl (C=O) groups is 2. The number of aliphatic imine (C=N–C) groups is 1. The van der Waals surface area contributed by atoms with Gasteiger partial charge in [-0.1, -0.05) is 29.8 Å². The van der Waals surface area contributed by atoms with Crippen LogP contribution in [0.3, 0.4) is 0 Å². The number of likely N-dealkylation sites (tertiary alicyclic amines) is 1. The fraction of sp³-hybridized carbons (Fsp3) is 0.375. The molecule has 0 aliphatic carbocycles. The highest BCUT2D eigenvalue weighted by Crippen LogP contribution is 2.28. The van der Waals surface area contributed by atoms with Gasteiger partial charge in [-0.05, 0) is 74.5 Å². The second-order valence-electron chi connectivity index (χ2n) is 7.56. The topological polar surface area (TPSA) is 59.0 Å². The SMILES string of the molecule is COc1ccc(Cl)c(CC2CCN(CCC=NC(=O)c3ccccc3C=O)CC2)c1. The van der Waals surface area contributed by atoms with Crippen LogP contribution in [0, 0.1) is 5.92 Å². The largest absolute Gasteiger partial charge is 0.497 e. The van der Waals surface area contributed by atoms with Crippen LogP contribution >= 0.6 is 11.6 Å². The highest BCUT2D eigenvalue weighted by atomic mass is 35.5. The van der Waals surface area contributed by atoms with E-state index in [1.807, 2.05) is 18.2 Å². The molecule has 0 radical (unpaired) electrons. The Hall–Kier alpha value is -2.50. The Kier molecular flexibility index (Phi) is 8.17. The smallest absolute Gasteiger partial charge is 0.277 e. The first-order valence-corrected chi connectivity index (χ1v) is 10.6. The first kappa shape index (κ1) is 22.2. The molecule has 0 atom stereocenters. The van der Waals surface area contributed by atoms with Crippen molar-refractivity contribution in [3.05, 3.63) is 64.2 Å². The van der Waals surface area contributed by atoms with Crippen LogP contribution < -0.4 is 4.74 Å². The molecule has 0 unspecified atom stereocenters. The second kappa shape index (κ2) is 11.0. The molecule has 2 aromatic rings. The maximum absolute atomic E-state index is 12.2. The molecule has 5 nitrogen and oxygen atoms in total. The van der Waals surface area contributed by atoms with Crippen LogP contribution in [-0.4, -0.2) is 50.1 Å². The van der Waals surface area contributed by atoms with Gasteiger partial charge < -0.3 is 9.64 Å². The van der Waals surface area contributed by atoms with E-state index in [1.54, 1.807) is 37.6 Å². The second-order valence-corrected chi connectivity index (χ2v) is 7.96. The van der Waals surface area contributed by atoms with E-state index < -0.39 is 0 Å². The van der Waals surface area contributed by atoms with Gasteiger partial charge >= 0.3 is 0 Å². The Balaban J connectivity index is 1.42. The van der Waals surface area contributed by atoms with E-state index in [-0.39, 0.29) is 5.91 Å². The average molecular weight is 427 g/mol. The Morgan fingerprint density at radius 2 is 2.00 bits per heavy atom. The molecule has 1 aliphatic rings. The minimum atomic E-state index is -0.369. The minimum Gasteiger partial charge on any atom is -0.497 e. The van der Waals surface area contributed by atoms with E-state index in [4.69, 9.17) is 16.3 Å².